The van der Waals surface area contributed by atoms with Gasteiger partial charge < -0.3 is 19.2 Å². The fourth-order valence-electron chi connectivity index (χ4n) is 4.34. The highest BCUT2D eigenvalue weighted by Crippen LogP contribution is 2.35. The molecule has 7 nitrogen and oxygen atoms in total. The van der Waals surface area contributed by atoms with Crippen molar-refractivity contribution in [2.45, 2.75) is 32.5 Å². The van der Waals surface area contributed by atoms with Crippen LogP contribution in [0.2, 0.25) is 0 Å². The first-order chi connectivity index (χ1) is 16.7. The predicted molar refractivity (Wildman–Crippen MR) is 129 cm³/mol. The van der Waals surface area contributed by atoms with Crippen LogP contribution in [0, 0.1) is 5.82 Å². The number of hydrogen-bond donors (Lipinski definition) is 1. The van der Waals surface area contributed by atoms with E-state index in [1.807, 2.05) is 19.1 Å². The Morgan fingerprint density at radius 3 is 2.66 bits per heavy atom. The van der Waals surface area contributed by atoms with Crippen molar-refractivity contribution in [1.29, 1.82) is 0 Å². The van der Waals surface area contributed by atoms with E-state index in [1.54, 1.807) is 41.3 Å². The molecule has 4 aromatic rings. The van der Waals surface area contributed by atoms with E-state index in [4.69, 9.17) is 9.15 Å². The molecule has 0 radical (unpaired) electrons. The van der Waals surface area contributed by atoms with Crippen molar-refractivity contribution in [1.82, 2.24) is 14.9 Å². The van der Waals surface area contributed by atoms with Gasteiger partial charge in [0.2, 0.25) is 0 Å². The van der Waals surface area contributed by atoms with Gasteiger partial charge in [-0.3, -0.25) is 4.79 Å². The maximum atomic E-state index is 15.3. The molecule has 1 atom stereocenters. The number of halogens is 1. The van der Waals surface area contributed by atoms with Gasteiger partial charge in [-0.15, -0.1) is 0 Å². The summed E-state index contributed by atoms with van der Waals surface area (Å²) in [4.78, 5) is 23.2. The Morgan fingerprint density at radius 1 is 1.17 bits per heavy atom. The molecule has 180 valence electrons. The van der Waals surface area contributed by atoms with Crippen LogP contribution >= 0.6 is 0 Å². The lowest BCUT2D eigenvalue weighted by atomic mass is 9.94. The molecule has 0 saturated carbocycles. The third-order valence-electron chi connectivity index (χ3n) is 6.17. The number of fused-ring (bicyclic) bond motifs is 1. The highest BCUT2D eigenvalue weighted by Gasteiger charge is 2.25. The normalized spacial score (nSPS) is 16.6. The average Bonchev–Trinajstić information content (AvgIpc) is 3.28. The molecule has 3 heterocycles. The van der Waals surface area contributed by atoms with E-state index in [2.05, 4.69) is 9.97 Å². The first kappa shape index (κ1) is 23.1. The van der Waals surface area contributed by atoms with Gasteiger partial charge in [-0.2, -0.15) is 0 Å². The van der Waals surface area contributed by atoms with Crippen LogP contribution in [0.3, 0.4) is 0 Å². The van der Waals surface area contributed by atoms with Crippen LogP contribution in [0.5, 0.6) is 0 Å². The van der Waals surface area contributed by atoms with Crippen LogP contribution in [-0.4, -0.2) is 51.7 Å². The molecule has 1 aliphatic rings. The highest BCUT2D eigenvalue weighted by atomic mass is 19.1. The summed E-state index contributed by atoms with van der Waals surface area (Å²) in [6.45, 7) is 6.69. The van der Waals surface area contributed by atoms with Crippen LogP contribution in [0.1, 0.15) is 36.7 Å². The SMILES string of the molecule is C[C@H]1CN(C(=O)c2ccc(-c3cc4ncnc(-c5cccc(C(C)(C)O)c5F)c4o3)cc2)CCO1. The molecule has 1 saturated heterocycles. The molecule has 2 aromatic heterocycles. The van der Waals surface area contributed by atoms with Crippen LogP contribution in [0.4, 0.5) is 4.39 Å². The Kier molecular flexibility index (Phi) is 5.86. The predicted octanol–water partition coefficient (Wildman–Crippen LogP) is 4.78. The average molecular weight is 476 g/mol. The van der Waals surface area contributed by atoms with Gasteiger partial charge >= 0.3 is 0 Å². The van der Waals surface area contributed by atoms with Crippen molar-refractivity contribution in [2.75, 3.05) is 19.7 Å². The number of aliphatic hydroxyl groups is 1. The highest BCUT2D eigenvalue weighted by molar-refractivity contribution is 5.95. The molecule has 8 heteroatoms. The number of hydrogen-bond acceptors (Lipinski definition) is 6. The Balaban J connectivity index is 1.48. The monoisotopic (exact) mass is 475 g/mol. The minimum atomic E-state index is -1.35. The minimum absolute atomic E-state index is 0.0202. The molecule has 1 amide bonds. The molecule has 35 heavy (non-hydrogen) atoms. The van der Waals surface area contributed by atoms with Gasteiger partial charge in [0.05, 0.1) is 18.3 Å². The van der Waals surface area contributed by atoms with Gasteiger partial charge in [-0.1, -0.05) is 24.3 Å². The van der Waals surface area contributed by atoms with E-state index in [9.17, 15) is 9.90 Å². The summed E-state index contributed by atoms with van der Waals surface area (Å²) < 4.78 is 26.9. The first-order valence-corrected chi connectivity index (χ1v) is 11.5. The molecule has 0 bridgehead atoms. The molecular formula is C27H26FN3O4. The van der Waals surface area contributed by atoms with Gasteiger partial charge in [0, 0.05) is 41.4 Å². The fraction of sp³-hybridized carbons (Fsp3) is 0.296. The number of carbonyl (C=O) groups is 1. The zero-order chi connectivity index (χ0) is 24.7. The lowest BCUT2D eigenvalue weighted by Gasteiger charge is -2.31. The summed E-state index contributed by atoms with van der Waals surface area (Å²) in [5.41, 5.74) is 1.56. The van der Waals surface area contributed by atoms with Gasteiger partial charge in [-0.05, 0) is 39.0 Å². The second-order valence-corrected chi connectivity index (χ2v) is 9.28. The molecule has 0 unspecified atom stereocenters. The summed E-state index contributed by atoms with van der Waals surface area (Å²) in [6, 6.07) is 13.8. The minimum Gasteiger partial charge on any atom is -0.452 e. The number of benzene rings is 2. The number of furan rings is 1. The van der Waals surface area contributed by atoms with Crippen molar-refractivity contribution in [2.24, 2.45) is 0 Å². The van der Waals surface area contributed by atoms with Crippen molar-refractivity contribution >= 4 is 17.0 Å². The molecule has 1 fully saturated rings. The van der Waals surface area contributed by atoms with E-state index < -0.39 is 11.4 Å². The number of morpholine rings is 1. The molecule has 0 spiro atoms. The molecular weight excluding hydrogens is 449 g/mol. The van der Waals surface area contributed by atoms with E-state index in [0.29, 0.717) is 47.8 Å². The quantitative estimate of drug-likeness (QED) is 0.457. The Hall–Kier alpha value is -3.62. The van der Waals surface area contributed by atoms with E-state index >= 15 is 4.39 Å². The second-order valence-electron chi connectivity index (χ2n) is 9.28. The summed E-state index contributed by atoms with van der Waals surface area (Å²) in [5, 5.41) is 10.3. The summed E-state index contributed by atoms with van der Waals surface area (Å²) in [7, 11) is 0. The standard InChI is InChI=1S/C27H26FN3O4/c1-16-14-31(11-12-34-16)26(32)18-9-7-17(8-10-18)22-13-21-25(35-22)24(30-15-29-21)19-5-4-6-20(23(19)28)27(2,3)33/h4-10,13,15-16,33H,11-12,14H2,1-3H3/t16-/m0/s1. The van der Waals surface area contributed by atoms with Crippen molar-refractivity contribution in [3.8, 4) is 22.6 Å². The van der Waals surface area contributed by atoms with Gasteiger partial charge in [-0.25, -0.2) is 14.4 Å². The number of rotatable bonds is 4. The first-order valence-electron chi connectivity index (χ1n) is 11.5. The van der Waals surface area contributed by atoms with Gasteiger partial charge in [0.15, 0.2) is 5.58 Å². The molecule has 0 aliphatic carbocycles. The molecule has 1 aliphatic heterocycles. The zero-order valence-electron chi connectivity index (χ0n) is 19.8. The third kappa shape index (κ3) is 4.42. The summed E-state index contributed by atoms with van der Waals surface area (Å²) in [5.74, 6) is -0.0651. The number of amides is 1. The summed E-state index contributed by atoms with van der Waals surface area (Å²) in [6.07, 6.45) is 1.38. The van der Waals surface area contributed by atoms with Gasteiger partial charge in [0.1, 0.15) is 29.1 Å². The number of aromatic nitrogens is 2. The van der Waals surface area contributed by atoms with Crippen molar-refractivity contribution in [3.63, 3.8) is 0 Å². The largest absolute Gasteiger partial charge is 0.452 e. The number of carbonyl (C=O) groups excluding carboxylic acids is 1. The lowest BCUT2D eigenvalue weighted by Crippen LogP contribution is -2.44. The van der Waals surface area contributed by atoms with Crippen LogP contribution in [-0.2, 0) is 10.3 Å². The van der Waals surface area contributed by atoms with Crippen molar-refractivity contribution < 1.29 is 23.4 Å². The second kappa shape index (κ2) is 8.87. The lowest BCUT2D eigenvalue weighted by molar-refractivity contribution is -0.0124. The van der Waals surface area contributed by atoms with Gasteiger partial charge in [0.25, 0.3) is 5.91 Å². The van der Waals surface area contributed by atoms with E-state index in [0.717, 1.165) is 5.56 Å². The Bertz CT molecular complexity index is 1390. The maximum absolute atomic E-state index is 15.3. The van der Waals surface area contributed by atoms with E-state index in [1.165, 1.54) is 20.2 Å². The topological polar surface area (TPSA) is 88.7 Å². The summed E-state index contributed by atoms with van der Waals surface area (Å²) >= 11 is 0. The molecule has 2 aromatic carbocycles. The molecule has 5 rings (SSSR count). The molecule has 1 N–H and O–H groups in total. The Labute approximate surface area is 202 Å². The fourth-order valence-corrected chi connectivity index (χ4v) is 4.34. The smallest absolute Gasteiger partial charge is 0.254 e. The van der Waals surface area contributed by atoms with Crippen molar-refractivity contribution in [3.05, 3.63) is 71.8 Å². The van der Waals surface area contributed by atoms with E-state index in [-0.39, 0.29) is 23.1 Å². The number of nitrogens with zero attached hydrogens (tertiary/aromatic N) is 3. The maximum Gasteiger partial charge on any atom is 0.254 e. The zero-order valence-corrected chi connectivity index (χ0v) is 19.8. The van der Waals surface area contributed by atoms with Crippen LogP contribution in [0.15, 0.2) is 59.3 Å². The van der Waals surface area contributed by atoms with Crippen LogP contribution in [0.25, 0.3) is 33.7 Å². The third-order valence-corrected chi connectivity index (χ3v) is 6.17. The van der Waals surface area contributed by atoms with Crippen LogP contribution < -0.4 is 0 Å². The Morgan fingerprint density at radius 2 is 1.94 bits per heavy atom. The number of ether oxygens (including phenoxy) is 1.